The number of hydrogen-bond acceptors (Lipinski definition) is 6. The molecule has 174 valence electrons. The molecule has 33 heavy (non-hydrogen) atoms. The SMILES string of the molecule is C=C/C=C(\C=C)NCCCc1ccc2c(c1)CCn1c-2cc(OC[C@@H]2COCCO2)nc1=O. The van der Waals surface area contributed by atoms with E-state index in [2.05, 4.69) is 41.7 Å². The van der Waals surface area contributed by atoms with Gasteiger partial charge in [-0.2, -0.15) is 4.98 Å². The molecule has 1 aromatic carbocycles. The second-order valence-corrected chi connectivity index (χ2v) is 8.13. The van der Waals surface area contributed by atoms with Gasteiger partial charge < -0.3 is 19.5 Å². The first-order chi connectivity index (χ1) is 16.2. The molecule has 1 N–H and O–H groups in total. The third kappa shape index (κ3) is 5.80. The van der Waals surface area contributed by atoms with Gasteiger partial charge in [0.05, 0.1) is 25.5 Å². The molecule has 2 aliphatic heterocycles. The predicted octanol–water partition coefficient (Wildman–Crippen LogP) is 3.04. The zero-order valence-corrected chi connectivity index (χ0v) is 18.9. The van der Waals surface area contributed by atoms with Gasteiger partial charge in [-0.15, -0.1) is 0 Å². The molecule has 1 fully saturated rings. The van der Waals surface area contributed by atoms with E-state index in [1.807, 2.05) is 12.1 Å². The summed E-state index contributed by atoms with van der Waals surface area (Å²) in [5, 5.41) is 3.36. The summed E-state index contributed by atoms with van der Waals surface area (Å²) in [6, 6.07) is 8.36. The first-order valence-corrected chi connectivity index (χ1v) is 11.4. The topological polar surface area (TPSA) is 74.6 Å². The van der Waals surface area contributed by atoms with Crippen LogP contribution >= 0.6 is 0 Å². The molecule has 1 saturated heterocycles. The minimum atomic E-state index is -0.283. The number of fused-ring (bicyclic) bond motifs is 3. The highest BCUT2D eigenvalue weighted by Crippen LogP contribution is 2.30. The third-order valence-electron chi connectivity index (χ3n) is 5.83. The lowest BCUT2D eigenvalue weighted by atomic mass is 9.94. The van der Waals surface area contributed by atoms with Gasteiger partial charge in [0.2, 0.25) is 5.88 Å². The van der Waals surface area contributed by atoms with Crippen LogP contribution in [0.15, 0.2) is 66.1 Å². The largest absolute Gasteiger partial charge is 0.475 e. The van der Waals surface area contributed by atoms with Crippen LogP contribution in [0.5, 0.6) is 5.88 Å². The van der Waals surface area contributed by atoms with Crippen LogP contribution in [0.2, 0.25) is 0 Å². The summed E-state index contributed by atoms with van der Waals surface area (Å²) in [4.78, 5) is 16.7. The minimum absolute atomic E-state index is 0.140. The van der Waals surface area contributed by atoms with Crippen molar-refractivity contribution in [1.82, 2.24) is 14.9 Å². The molecule has 7 nitrogen and oxygen atoms in total. The van der Waals surface area contributed by atoms with Crippen molar-refractivity contribution in [2.45, 2.75) is 31.9 Å². The molecule has 7 heteroatoms. The first kappa shape index (κ1) is 23.0. The molecule has 1 aromatic heterocycles. The Morgan fingerprint density at radius 2 is 2.21 bits per heavy atom. The van der Waals surface area contributed by atoms with Crippen LogP contribution in [0, 0.1) is 0 Å². The molecular formula is C26H31N3O4. The van der Waals surface area contributed by atoms with Gasteiger partial charge in [-0.25, -0.2) is 4.79 Å². The fraction of sp³-hybridized carbons (Fsp3) is 0.385. The van der Waals surface area contributed by atoms with Gasteiger partial charge in [0.25, 0.3) is 0 Å². The molecule has 0 saturated carbocycles. The summed E-state index contributed by atoms with van der Waals surface area (Å²) < 4.78 is 18.5. The highest BCUT2D eigenvalue weighted by Gasteiger charge is 2.21. The molecule has 0 spiro atoms. The second-order valence-electron chi connectivity index (χ2n) is 8.13. The van der Waals surface area contributed by atoms with E-state index in [0.717, 1.165) is 42.8 Å². The number of nitrogens with one attached hydrogen (secondary N) is 1. The van der Waals surface area contributed by atoms with Crippen LogP contribution in [-0.4, -0.2) is 48.6 Å². The monoisotopic (exact) mass is 449 g/mol. The molecule has 0 amide bonds. The smallest absolute Gasteiger partial charge is 0.351 e. The second kappa shape index (κ2) is 11.1. The average Bonchev–Trinajstić information content (AvgIpc) is 2.85. The average molecular weight is 450 g/mol. The van der Waals surface area contributed by atoms with E-state index in [-0.39, 0.29) is 11.8 Å². The summed E-state index contributed by atoms with van der Waals surface area (Å²) in [6.07, 6.45) is 8.11. The van der Waals surface area contributed by atoms with Gasteiger partial charge in [0, 0.05) is 30.4 Å². The van der Waals surface area contributed by atoms with Gasteiger partial charge >= 0.3 is 5.69 Å². The van der Waals surface area contributed by atoms with Crippen LogP contribution in [0.3, 0.4) is 0 Å². The molecule has 1 atom stereocenters. The molecule has 0 unspecified atom stereocenters. The first-order valence-electron chi connectivity index (χ1n) is 11.4. The van der Waals surface area contributed by atoms with Crippen LogP contribution in [0.4, 0.5) is 0 Å². The number of aromatic nitrogens is 2. The van der Waals surface area contributed by atoms with Gasteiger partial charge in [-0.05, 0) is 42.5 Å². The van der Waals surface area contributed by atoms with Crippen molar-refractivity contribution in [3.63, 3.8) is 0 Å². The molecule has 0 aliphatic carbocycles. The van der Waals surface area contributed by atoms with Crippen molar-refractivity contribution < 1.29 is 14.2 Å². The zero-order valence-electron chi connectivity index (χ0n) is 18.9. The van der Waals surface area contributed by atoms with Crippen molar-refractivity contribution in [1.29, 1.82) is 0 Å². The molecule has 4 rings (SSSR count). The maximum Gasteiger partial charge on any atom is 0.351 e. The number of aryl methyl sites for hydroxylation is 2. The molecular weight excluding hydrogens is 418 g/mol. The van der Waals surface area contributed by atoms with E-state index >= 15 is 0 Å². The fourth-order valence-electron chi connectivity index (χ4n) is 4.15. The summed E-state index contributed by atoms with van der Waals surface area (Å²) in [5.41, 5.74) is 5.15. The lowest BCUT2D eigenvalue weighted by Gasteiger charge is -2.24. The van der Waals surface area contributed by atoms with Crippen molar-refractivity contribution in [2.24, 2.45) is 0 Å². The summed E-state index contributed by atoms with van der Waals surface area (Å²) in [7, 11) is 0. The Morgan fingerprint density at radius 3 is 3.00 bits per heavy atom. The molecule has 2 aliphatic rings. The molecule has 0 bridgehead atoms. The molecule has 0 radical (unpaired) electrons. The standard InChI is InChI=1S/C26H31N3O4/c1-3-6-21(4-2)27-11-5-7-19-8-9-23-20(15-19)10-12-29-24(23)16-25(28-26(29)30)33-18-22-17-31-13-14-32-22/h3-4,6,8-9,15-16,22,27H,1-2,5,7,10-14,17-18H2/b21-6+/t22-/m0/s1. The predicted molar refractivity (Wildman–Crippen MR) is 128 cm³/mol. The minimum Gasteiger partial charge on any atom is -0.475 e. The fourth-order valence-corrected chi connectivity index (χ4v) is 4.15. The molecule has 3 heterocycles. The summed E-state index contributed by atoms with van der Waals surface area (Å²) >= 11 is 0. The number of benzene rings is 1. The lowest BCUT2D eigenvalue weighted by Crippen LogP contribution is -2.34. The van der Waals surface area contributed by atoms with Crippen LogP contribution in [-0.2, 0) is 28.9 Å². The Morgan fingerprint density at radius 1 is 1.30 bits per heavy atom. The Hall–Kier alpha value is -3.16. The maximum atomic E-state index is 12.6. The Kier molecular flexibility index (Phi) is 7.75. The van der Waals surface area contributed by atoms with E-state index in [9.17, 15) is 4.79 Å². The van der Waals surface area contributed by atoms with Crippen molar-refractivity contribution in [3.8, 4) is 17.1 Å². The van der Waals surface area contributed by atoms with E-state index in [1.165, 1.54) is 11.1 Å². The lowest BCUT2D eigenvalue weighted by molar-refractivity contribution is -0.102. The number of allylic oxidation sites excluding steroid dienone is 3. The molecule has 2 aromatic rings. The van der Waals surface area contributed by atoms with E-state index in [0.29, 0.717) is 38.9 Å². The Balaban J connectivity index is 1.43. The number of rotatable bonds is 10. The third-order valence-corrected chi connectivity index (χ3v) is 5.83. The van der Waals surface area contributed by atoms with Crippen LogP contribution in [0.25, 0.3) is 11.3 Å². The van der Waals surface area contributed by atoms with Gasteiger partial charge in [0.1, 0.15) is 12.7 Å². The normalized spacial score (nSPS) is 17.6. The van der Waals surface area contributed by atoms with E-state index < -0.39 is 0 Å². The number of hydrogen-bond donors (Lipinski definition) is 1. The highest BCUT2D eigenvalue weighted by atomic mass is 16.6. The van der Waals surface area contributed by atoms with Crippen molar-refractivity contribution in [3.05, 3.63) is 83.0 Å². The summed E-state index contributed by atoms with van der Waals surface area (Å²) in [5.74, 6) is 0.328. The van der Waals surface area contributed by atoms with Crippen molar-refractivity contribution in [2.75, 3.05) is 33.0 Å². The van der Waals surface area contributed by atoms with Crippen LogP contribution in [0.1, 0.15) is 17.5 Å². The zero-order chi connectivity index (χ0) is 23.0. The number of nitrogens with zero attached hydrogens (tertiary/aromatic N) is 2. The van der Waals surface area contributed by atoms with Gasteiger partial charge in [0.15, 0.2) is 0 Å². The number of ether oxygens (including phenoxy) is 3. The summed E-state index contributed by atoms with van der Waals surface area (Å²) in [6.45, 7) is 11.0. The quantitative estimate of drug-likeness (QED) is 0.444. The van der Waals surface area contributed by atoms with E-state index in [1.54, 1.807) is 16.7 Å². The maximum absolute atomic E-state index is 12.6. The van der Waals surface area contributed by atoms with Gasteiger partial charge in [-0.3, -0.25) is 4.57 Å². The van der Waals surface area contributed by atoms with Gasteiger partial charge in [-0.1, -0.05) is 37.4 Å². The Labute approximate surface area is 194 Å². The Bertz CT molecular complexity index is 1080. The highest BCUT2D eigenvalue weighted by molar-refractivity contribution is 5.67. The van der Waals surface area contributed by atoms with E-state index in [4.69, 9.17) is 14.2 Å². The van der Waals surface area contributed by atoms with Crippen molar-refractivity contribution >= 4 is 0 Å². The van der Waals surface area contributed by atoms with Crippen LogP contribution < -0.4 is 15.7 Å².